The van der Waals surface area contributed by atoms with E-state index < -0.39 is 0 Å². The molecule has 2 aromatic carbocycles. The maximum Gasteiger partial charge on any atom is 0.256 e. The Labute approximate surface area is 168 Å². The molecule has 0 radical (unpaired) electrons. The van der Waals surface area contributed by atoms with Gasteiger partial charge in [-0.2, -0.15) is 0 Å². The lowest BCUT2D eigenvalue weighted by Gasteiger charge is -2.27. The molecule has 0 bridgehead atoms. The van der Waals surface area contributed by atoms with Crippen molar-refractivity contribution in [2.45, 2.75) is 26.6 Å². The number of ether oxygens (including phenoxy) is 2. The largest absolute Gasteiger partial charge is 0.493 e. The van der Waals surface area contributed by atoms with Crippen molar-refractivity contribution in [2.24, 2.45) is 0 Å². The standard InChI is InChI=1S/C22H22N2O3S/c1-13-14(2)28-22-19(13)21(25)23-20(24-22)16-9-10-17(18(11-16)26-3)27-12-15-7-5-4-6-8-15/h4-11,20,24H,12H2,1-3H3,(H,23,25). The Kier molecular flexibility index (Phi) is 4.96. The van der Waals surface area contributed by atoms with Crippen LogP contribution in [0.1, 0.15) is 38.1 Å². The summed E-state index contributed by atoms with van der Waals surface area (Å²) in [4.78, 5) is 13.7. The van der Waals surface area contributed by atoms with Gasteiger partial charge in [-0.15, -0.1) is 11.3 Å². The third kappa shape index (κ3) is 3.43. The number of hydrogen-bond acceptors (Lipinski definition) is 5. The molecule has 1 aliphatic heterocycles. The van der Waals surface area contributed by atoms with E-state index in [2.05, 4.69) is 10.6 Å². The Balaban J connectivity index is 1.55. The van der Waals surface area contributed by atoms with Gasteiger partial charge in [-0.25, -0.2) is 0 Å². The van der Waals surface area contributed by atoms with Crippen LogP contribution in [-0.2, 0) is 6.61 Å². The molecule has 2 N–H and O–H groups in total. The van der Waals surface area contributed by atoms with Gasteiger partial charge in [-0.3, -0.25) is 4.79 Å². The number of aryl methyl sites for hydroxylation is 1. The van der Waals surface area contributed by atoms with Crippen molar-refractivity contribution in [2.75, 3.05) is 12.4 Å². The highest BCUT2D eigenvalue weighted by atomic mass is 32.1. The zero-order valence-corrected chi connectivity index (χ0v) is 16.9. The lowest BCUT2D eigenvalue weighted by atomic mass is 10.1. The molecule has 1 unspecified atom stereocenters. The molecule has 1 amide bonds. The Hall–Kier alpha value is -2.99. The highest BCUT2D eigenvalue weighted by Crippen LogP contribution is 2.38. The molecule has 1 atom stereocenters. The van der Waals surface area contributed by atoms with E-state index in [1.807, 2.05) is 62.4 Å². The molecule has 6 heteroatoms. The number of amides is 1. The fourth-order valence-electron chi connectivity index (χ4n) is 3.26. The van der Waals surface area contributed by atoms with Crippen molar-refractivity contribution in [1.82, 2.24) is 5.32 Å². The smallest absolute Gasteiger partial charge is 0.256 e. The first-order valence-electron chi connectivity index (χ1n) is 9.09. The molecule has 144 valence electrons. The van der Waals surface area contributed by atoms with Crippen molar-refractivity contribution in [3.8, 4) is 11.5 Å². The van der Waals surface area contributed by atoms with Gasteiger partial charge in [0.25, 0.3) is 5.91 Å². The molecule has 0 aliphatic carbocycles. The molecule has 1 aromatic heterocycles. The van der Waals surface area contributed by atoms with E-state index in [4.69, 9.17) is 9.47 Å². The van der Waals surface area contributed by atoms with Crippen molar-refractivity contribution >= 4 is 22.2 Å². The maximum absolute atomic E-state index is 12.6. The summed E-state index contributed by atoms with van der Waals surface area (Å²) in [7, 11) is 1.62. The van der Waals surface area contributed by atoms with E-state index in [0.717, 1.165) is 32.1 Å². The Morgan fingerprint density at radius 3 is 2.57 bits per heavy atom. The lowest BCUT2D eigenvalue weighted by Crippen LogP contribution is -2.38. The normalized spacial score (nSPS) is 15.4. The second kappa shape index (κ2) is 7.56. The summed E-state index contributed by atoms with van der Waals surface area (Å²) in [6.45, 7) is 4.48. The number of benzene rings is 2. The monoisotopic (exact) mass is 394 g/mol. The van der Waals surface area contributed by atoms with E-state index in [9.17, 15) is 4.79 Å². The molecule has 3 aromatic rings. The van der Waals surface area contributed by atoms with Gasteiger partial charge in [-0.05, 0) is 42.7 Å². The molecular weight excluding hydrogens is 372 g/mol. The number of nitrogens with one attached hydrogen (secondary N) is 2. The van der Waals surface area contributed by atoms with Crippen LogP contribution in [-0.4, -0.2) is 13.0 Å². The average molecular weight is 394 g/mol. The number of rotatable bonds is 5. The van der Waals surface area contributed by atoms with E-state index in [1.165, 1.54) is 0 Å². The zero-order valence-electron chi connectivity index (χ0n) is 16.0. The predicted molar refractivity (Wildman–Crippen MR) is 111 cm³/mol. The lowest BCUT2D eigenvalue weighted by molar-refractivity contribution is 0.0935. The van der Waals surface area contributed by atoms with Crippen LogP contribution in [0.15, 0.2) is 48.5 Å². The van der Waals surface area contributed by atoms with E-state index >= 15 is 0 Å². The van der Waals surface area contributed by atoms with E-state index in [1.54, 1.807) is 18.4 Å². The second-order valence-electron chi connectivity index (χ2n) is 6.72. The van der Waals surface area contributed by atoms with Gasteiger partial charge in [0.05, 0.1) is 12.7 Å². The number of anilines is 1. The molecule has 1 aliphatic rings. The quantitative estimate of drug-likeness (QED) is 0.652. The highest BCUT2D eigenvalue weighted by Gasteiger charge is 2.29. The fraction of sp³-hybridized carbons (Fsp3) is 0.227. The van der Waals surface area contributed by atoms with Crippen LogP contribution < -0.4 is 20.1 Å². The first kappa shape index (κ1) is 18.4. The summed E-state index contributed by atoms with van der Waals surface area (Å²) >= 11 is 1.61. The SMILES string of the molecule is COc1cc(C2NC(=O)c3c(sc(C)c3C)N2)ccc1OCc1ccccc1. The van der Waals surface area contributed by atoms with Crippen molar-refractivity contribution in [1.29, 1.82) is 0 Å². The Morgan fingerprint density at radius 2 is 1.82 bits per heavy atom. The van der Waals surface area contributed by atoms with Crippen molar-refractivity contribution in [3.63, 3.8) is 0 Å². The van der Waals surface area contributed by atoms with Gasteiger partial charge in [0.1, 0.15) is 17.8 Å². The van der Waals surface area contributed by atoms with Gasteiger partial charge in [-0.1, -0.05) is 36.4 Å². The van der Waals surface area contributed by atoms with Crippen molar-refractivity contribution < 1.29 is 14.3 Å². The number of carbonyl (C=O) groups is 1. The number of carbonyl (C=O) groups excluding carboxylic acids is 1. The molecule has 5 nitrogen and oxygen atoms in total. The molecule has 28 heavy (non-hydrogen) atoms. The van der Waals surface area contributed by atoms with Crippen LogP contribution in [0.2, 0.25) is 0 Å². The fourth-order valence-corrected chi connectivity index (χ4v) is 4.34. The predicted octanol–water partition coefficient (Wildman–Crippen LogP) is 4.81. The van der Waals surface area contributed by atoms with Crippen LogP contribution in [0, 0.1) is 13.8 Å². The highest BCUT2D eigenvalue weighted by molar-refractivity contribution is 7.16. The summed E-state index contributed by atoms with van der Waals surface area (Å²) < 4.78 is 11.4. The summed E-state index contributed by atoms with van der Waals surface area (Å²) in [6.07, 6.45) is -0.311. The van der Waals surface area contributed by atoms with Crippen LogP contribution in [0.5, 0.6) is 11.5 Å². The van der Waals surface area contributed by atoms with Gasteiger partial charge >= 0.3 is 0 Å². The van der Waals surface area contributed by atoms with Gasteiger partial charge in [0.15, 0.2) is 11.5 Å². The van der Waals surface area contributed by atoms with Crippen LogP contribution in [0.4, 0.5) is 5.00 Å². The summed E-state index contributed by atoms with van der Waals surface area (Å²) in [5.41, 5.74) is 3.77. The van der Waals surface area contributed by atoms with Crippen LogP contribution >= 0.6 is 11.3 Å². The molecule has 2 heterocycles. The van der Waals surface area contributed by atoms with Gasteiger partial charge in [0.2, 0.25) is 0 Å². The number of fused-ring (bicyclic) bond motifs is 1. The number of thiophene rings is 1. The van der Waals surface area contributed by atoms with E-state index in [-0.39, 0.29) is 12.1 Å². The maximum atomic E-state index is 12.6. The van der Waals surface area contributed by atoms with E-state index in [0.29, 0.717) is 18.1 Å². The Bertz CT molecular complexity index is 1010. The summed E-state index contributed by atoms with van der Waals surface area (Å²) in [5, 5.41) is 7.37. The molecular formula is C22H22N2O3S. The topological polar surface area (TPSA) is 59.6 Å². The average Bonchev–Trinajstić information content (AvgIpc) is 3.01. The molecule has 0 spiro atoms. The molecule has 0 saturated carbocycles. The molecule has 0 saturated heterocycles. The first-order valence-corrected chi connectivity index (χ1v) is 9.90. The molecule has 4 rings (SSSR count). The van der Waals surface area contributed by atoms with Crippen LogP contribution in [0.3, 0.4) is 0 Å². The number of methoxy groups -OCH3 is 1. The minimum Gasteiger partial charge on any atom is -0.493 e. The Morgan fingerprint density at radius 1 is 1.04 bits per heavy atom. The third-order valence-corrected chi connectivity index (χ3v) is 6.06. The number of hydrogen-bond donors (Lipinski definition) is 2. The second-order valence-corrected chi connectivity index (χ2v) is 7.95. The van der Waals surface area contributed by atoms with Crippen LogP contribution in [0.25, 0.3) is 0 Å². The molecule has 0 fully saturated rings. The summed E-state index contributed by atoms with van der Waals surface area (Å²) in [5.74, 6) is 1.25. The first-order chi connectivity index (χ1) is 13.6. The minimum absolute atomic E-state index is 0.0519. The van der Waals surface area contributed by atoms with Gasteiger partial charge in [0, 0.05) is 4.88 Å². The van der Waals surface area contributed by atoms with Gasteiger partial charge < -0.3 is 20.1 Å². The minimum atomic E-state index is -0.311. The zero-order chi connectivity index (χ0) is 19.7. The summed E-state index contributed by atoms with van der Waals surface area (Å²) in [6, 6.07) is 15.7. The third-order valence-electron chi connectivity index (χ3n) is 4.92. The van der Waals surface area contributed by atoms with Crippen molar-refractivity contribution in [3.05, 3.63) is 75.7 Å².